The van der Waals surface area contributed by atoms with Crippen LogP contribution in [-0.4, -0.2) is 29.7 Å². The fourth-order valence-electron chi connectivity index (χ4n) is 3.14. The molecule has 19 heavy (non-hydrogen) atoms. The number of aliphatic hydroxyl groups excluding tert-OH is 1. The van der Waals surface area contributed by atoms with E-state index >= 15 is 0 Å². The molecule has 0 amide bonds. The lowest BCUT2D eigenvalue weighted by Gasteiger charge is -2.43. The second-order valence-electron chi connectivity index (χ2n) is 6.02. The van der Waals surface area contributed by atoms with Crippen molar-refractivity contribution in [2.75, 3.05) is 19.7 Å². The minimum absolute atomic E-state index is 0.00566. The highest BCUT2D eigenvalue weighted by atomic mass is 19.1. The van der Waals surface area contributed by atoms with Gasteiger partial charge in [0.05, 0.1) is 0 Å². The van der Waals surface area contributed by atoms with Gasteiger partial charge in [0.15, 0.2) is 0 Å². The average molecular weight is 265 g/mol. The molecular formula is C16H24FNO. The summed E-state index contributed by atoms with van der Waals surface area (Å²) >= 11 is 0. The molecule has 106 valence electrons. The Bertz CT molecular complexity index is 406. The first-order valence-electron chi connectivity index (χ1n) is 7.18. The summed E-state index contributed by atoms with van der Waals surface area (Å²) in [5, 5.41) is 9.55. The Morgan fingerprint density at radius 2 is 2.05 bits per heavy atom. The number of hydrogen-bond donors (Lipinski definition) is 1. The molecule has 1 aromatic carbocycles. The fraction of sp³-hybridized carbons (Fsp3) is 0.625. The minimum atomic E-state index is -0.183. The minimum Gasteiger partial charge on any atom is -0.396 e. The SMILES string of the molecule is CCC(c1ccc(F)cc1)N1CCCC(C)(CO)C1. The zero-order chi connectivity index (χ0) is 13.9. The summed E-state index contributed by atoms with van der Waals surface area (Å²) in [6.07, 6.45) is 3.21. The normalized spacial score (nSPS) is 26.3. The van der Waals surface area contributed by atoms with Gasteiger partial charge in [-0.1, -0.05) is 26.0 Å². The van der Waals surface area contributed by atoms with Crippen LogP contribution in [-0.2, 0) is 0 Å². The van der Waals surface area contributed by atoms with Crippen molar-refractivity contribution in [1.82, 2.24) is 4.90 Å². The number of hydrogen-bond acceptors (Lipinski definition) is 2. The maximum Gasteiger partial charge on any atom is 0.123 e. The lowest BCUT2D eigenvalue weighted by molar-refractivity contribution is 0.0231. The lowest BCUT2D eigenvalue weighted by atomic mass is 9.81. The van der Waals surface area contributed by atoms with Gasteiger partial charge in [-0.2, -0.15) is 0 Å². The molecule has 2 unspecified atom stereocenters. The Labute approximate surface area is 115 Å². The smallest absolute Gasteiger partial charge is 0.123 e. The highest BCUT2D eigenvalue weighted by Crippen LogP contribution is 2.35. The predicted octanol–water partition coefficient (Wildman–Crippen LogP) is 3.37. The Hall–Kier alpha value is -0.930. The molecule has 3 heteroatoms. The summed E-state index contributed by atoms with van der Waals surface area (Å²) in [4.78, 5) is 2.44. The van der Waals surface area contributed by atoms with Crippen molar-refractivity contribution < 1.29 is 9.50 Å². The first-order valence-corrected chi connectivity index (χ1v) is 7.18. The molecule has 1 fully saturated rings. The second-order valence-corrected chi connectivity index (χ2v) is 6.02. The van der Waals surface area contributed by atoms with Gasteiger partial charge in [0.1, 0.15) is 5.82 Å². The van der Waals surface area contributed by atoms with E-state index in [1.54, 1.807) is 0 Å². The number of piperidine rings is 1. The molecule has 2 atom stereocenters. The zero-order valence-electron chi connectivity index (χ0n) is 11.9. The van der Waals surface area contributed by atoms with Gasteiger partial charge in [0, 0.05) is 24.6 Å². The van der Waals surface area contributed by atoms with Crippen LogP contribution >= 0.6 is 0 Å². The lowest BCUT2D eigenvalue weighted by Crippen LogP contribution is -2.45. The standard InChI is InChI=1S/C16H24FNO/c1-3-15(13-5-7-14(17)8-6-13)18-10-4-9-16(2,11-18)12-19/h5-8,15,19H,3-4,9-12H2,1-2H3. The van der Waals surface area contributed by atoms with E-state index in [1.807, 2.05) is 12.1 Å². The summed E-state index contributed by atoms with van der Waals surface area (Å²) in [7, 11) is 0. The molecule has 1 N–H and O–H groups in total. The van der Waals surface area contributed by atoms with Gasteiger partial charge in [-0.05, 0) is 43.5 Å². The van der Waals surface area contributed by atoms with Crippen LogP contribution in [0.5, 0.6) is 0 Å². The number of nitrogens with zero attached hydrogens (tertiary/aromatic N) is 1. The molecule has 0 saturated carbocycles. The Morgan fingerprint density at radius 3 is 2.63 bits per heavy atom. The van der Waals surface area contributed by atoms with Crippen LogP contribution in [0.15, 0.2) is 24.3 Å². The van der Waals surface area contributed by atoms with E-state index in [0.29, 0.717) is 6.04 Å². The largest absolute Gasteiger partial charge is 0.396 e. The molecule has 0 spiro atoms. The van der Waals surface area contributed by atoms with Crippen molar-refractivity contribution in [1.29, 1.82) is 0 Å². The third-order valence-corrected chi connectivity index (χ3v) is 4.27. The van der Waals surface area contributed by atoms with Gasteiger partial charge >= 0.3 is 0 Å². The van der Waals surface area contributed by atoms with Crippen molar-refractivity contribution in [3.8, 4) is 0 Å². The Balaban J connectivity index is 2.15. The summed E-state index contributed by atoms with van der Waals surface area (Å²) in [5.74, 6) is -0.183. The number of halogens is 1. The van der Waals surface area contributed by atoms with E-state index in [1.165, 1.54) is 17.7 Å². The number of benzene rings is 1. The van der Waals surface area contributed by atoms with Crippen molar-refractivity contribution >= 4 is 0 Å². The number of rotatable bonds is 4. The Morgan fingerprint density at radius 1 is 1.37 bits per heavy atom. The molecule has 2 rings (SSSR count). The van der Waals surface area contributed by atoms with E-state index in [4.69, 9.17) is 0 Å². The molecule has 0 aromatic heterocycles. The maximum atomic E-state index is 13.0. The third-order valence-electron chi connectivity index (χ3n) is 4.27. The molecule has 1 aliphatic heterocycles. The molecule has 1 aliphatic rings. The van der Waals surface area contributed by atoms with E-state index in [-0.39, 0.29) is 17.8 Å². The van der Waals surface area contributed by atoms with Crippen molar-refractivity contribution in [3.05, 3.63) is 35.6 Å². The molecule has 1 heterocycles. The average Bonchev–Trinajstić information content (AvgIpc) is 2.42. The van der Waals surface area contributed by atoms with Crippen LogP contribution in [0.3, 0.4) is 0 Å². The van der Waals surface area contributed by atoms with Gasteiger partial charge in [0.2, 0.25) is 0 Å². The van der Waals surface area contributed by atoms with Crippen LogP contribution in [0.4, 0.5) is 4.39 Å². The fourth-order valence-corrected chi connectivity index (χ4v) is 3.14. The van der Waals surface area contributed by atoms with Crippen molar-refractivity contribution in [2.45, 2.75) is 39.2 Å². The highest BCUT2D eigenvalue weighted by Gasteiger charge is 2.33. The third kappa shape index (κ3) is 3.34. The van der Waals surface area contributed by atoms with Gasteiger partial charge in [0.25, 0.3) is 0 Å². The molecular weight excluding hydrogens is 241 g/mol. The number of aliphatic hydroxyl groups is 1. The van der Waals surface area contributed by atoms with Crippen molar-refractivity contribution in [2.24, 2.45) is 5.41 Å². The van der Waals surface area contributed by atoms with Crippen molar-refractivity contribution in [3.63, 3.8) is 0 Å². The van der Waals surface area contributed by atoms with Gasteiger partial charge in [-0.3, -0.25) is 4.90 Å². The van der Waals surface area contributed by atoms with E-state index in [2.05, 4.69) is 18.7 Å². The second kappa shape index (κ2) is 6.02. The molecule has 0 aliphatic carbocycles. The van der Waals surface area contributed by atoms with Gasteiger partial charge < -0.3 is 5.11 Å². The maximum absolute atomic E-state index is 13.0. The van der Waals surface area contributed by atoms with E-state index < -0.39 is 0 Å². The van der Waals surface area contributed by atoms with Crippen LogP contribution < -0.4 is 0 Å². The van der Waals surface area contributed by atoms with Gasteiger partial charge in [-0.25, -0.2) is 4.39 Å². The number of likely N-dealkylation sites (tertiary alicyclic amines) is 1. The van der Waals surface area contributed by atoms with E-state index in [9.17, 15) is 9.50 Å². The summed E-state index contributed by atoms with van der Waals surface area (Å²) < 4.78 is 13.0. The first-order chi connectivity index (χ1) is 9.08. The molecule has 2 nitrogen and oxygen atoms in total. The van der Waals surface area contributed by atoms with Crippen LogP contribution in [0, 0.1) is 11.2 Å². The topological polar surface area (TPSA) is 23.5 Å². The first kappa shape index (κ1) is 14.5. The highest BCUT2D eigenvalue weighted by molar-refractivity contribution is 5.20. The molecule has 0 radical (unpaired) electrons. The van der Waals surface area contributed by atoms with E-state index in [0.717, 1.165) is 32.4 Å². The monoisotopic (exact) mass is 265 g/mol. The quantitative estimate of drug-likeness (QED) is 0.902. The van der Waals surface area contributed by atoms with Crippen LogP contribution in [0.2, 0.25) is 0 Å². The summed E-state index contributed by atoms with van der Waals surface area (Å²) in [6, 6.07) is 7.16. The molecule has 1 saturated heterocycles. The van der Waals surface area contributed by atoms with Crippen LogP contribution in [0.1, 0.15) is 44.7 Å². The van der Waals surface area contributed by atoms with Crippen LogP contribution in [0.25, 0.3) is 0 Å². The zero-order valence-corrected chi connectivity index (χ0v) is 11.9. The Kier molecular flexibility index (Phi) is 4.58. The summed E-state index contributed by atoms with van der Waals surface area (Å²) in [5.41, 5.74) is 1.18. The molecule has 0 bridgehead atoms. The molecule has 1 aromatic rings. The summed E-state index contributed by atoms with van der Waals surface area (Å²) in [6.45, 7) is 6.53. The van der Waals surface area contributed by atoms with Gasteiger partial charge in [-0.15, -0.1) is 0 Å². The predicted molar refractivity (Wildman–Crippen MR) is 75.4 cm³/mol.